The normalized spacial score (nSPS) is 19.5. The summed E-state index contributed by atoms with van der Waals surface area (Å²) in [6, 6.07) is 7.29. The predicted molar refractivity (Wildman–Crippen MR) is 105 cm³/mol. The number of hydrogen-bond donors (Lipinski definition) is 2. The molecule has 0 spiro atoms. The zero-order chi connectivity index (χ0) is 19.4. The number of carbonyl (C=O) groups is 3. The molecule has 1 saturated heterocycles. The second kappa shape index (κ2) is 8.41. The maximum atomic E-state index is 12.9. The van der Waals surface area contributed by atoms with E-state index in [0.717, 1.165) is 25.1 Å². The molecule has 2 aliphatic rings. The molecule has 7 nitrogen and oxygen atoms in total. The van der Waals surface area contributed by atoms with Gasteiger partial charge in [0.05, 0.1) is 11.4 Å². The van der Waals surface area contributed by atoms with Crippen molar-refractivity contribution in [2.75, 3.05) is 36.4 Å². The summed E-state index contributed by atoms with van der Waals surface area (Å²) in [6.07, 6.45) is 2.15. The van der Waals surface area contributed by atoms with E-state index in [9.17, 15) is 14.4 Å². The van der Waals surface area contributed by atoms with Gasteiger partial charge in [-0.05, 0) is 36.8 Å². The second-order valence-corrected chi connectivity index (χ2v) is 7.78. The van der Waals surface area contributed by atoms with Crippen LogP contribution in [0.4, 0.5) is 16.2 Å². The third kappa shape index (κ3) is 4.78. The van der Waals surface area contributed by atoms with Crippen LogP contribution in [0.25, 0.3) is 0 Å². The third-order valence-electron chi connectivity index (χ3n) is 5.00. The Kier molecular flexibility index (Phi) is 5.98. The minimum Gasteiger partial charge on any atom is -0.338 e. The zero-order valence-electron chi connectivity index (χ0n) is 16.0. The molecule has 1 fully saturated rings. The highest BCUT2D eigenvalue weighted by atomic mass is 16.2. The number of para-hydroxylation sites is 2. The number of likely N-dealkylation sites (tertiary alicyclic amines) is 1. The van der Waals surface area contributed by atoms with Crippen LogP contribution in [-0.2, 0) is 9.59 Å². The minimum atomic E-state index is -0.180. The number of piperidine rings is 1. The lowest BCUT2D eigenvalue weighted by molar-refractivity contribution is -0.122. The first kappa shape index (κ1) is 19.2. The van der Waals surface area contributed by atoms with E-state index in [0.29, 0.717) is 31.1 Å². The van der Waals surface area contributed by atoms with Crippen LogP contribution >= 0.6 is 0 Å². The number of amides is 4. The molecule has 1 aromatic rings. The molecular formula is C20H28N4O3. The molecule has 2 aliphatic heterocycles. The molecule has 1 unspecified atom stereocenters. The number of urea groups is 1. The molecule has 2 heterocycles. The number of carbonyl (C=O) groups excluding carboxylic acids is 3. The molecule has 27 heavy (non-hydrogen) atoms. The van der Waals surface area contributed by atoms with Crippen LogP contribution in [0.2, 0.25) is 0 Å². The van der Waals surface area contributed by atoms with Crippen LogP contribution in [0.15, 0.2) is 24.3 Å². The maximum Gasteiger partial charge on any atom is 0.317 e. The Morgan fingerprint density at radius 1 is 1.30 bits per heavy atom. The average Bonchev–Trinajstić information content (AvgIpc) is 2.65. The molecule has 0 aliphatic carbocycles. The van der Waals surface area contributed by atoms with E-state index in [4.69, 9.17) is 0 Å². The Hall–Kier alpha value is -2.57. The van der Waals surface area contributed by atoms with Gasteiger partial charge in [0, 0.05) is 26.1 Å². The highest BCUT2D eigenvalue weighted by Crippen LogP contribution is 2.30. The van der Waals surface area contributed by atoms with Crippen LogP contribution in [0, 0.1) is 11.8 Å². The minimum absolute atomic E-state index is 0.0428. The number of nitrogens with zero attached hydrogens (tertiary/aromatic N) is 2. The Balaban J connectivity index is 1.61. The lowest BCUT2D eigenvalue weighted by atomic mass is 9.94. The van der Waals surface area contributed by atoms with Gasteiger partial charge in [0.15, 0.2) is 0 Å². The van der Waals surface area contributed by atoms with Gasteiger partial charge in [-0.25, -0.2) is 4.79 Å². The number of nitrogens with one attached hydrogen (secondary N) is 2. The van der Waals surface area contributed by atoms with Crippen molar-refractivity contribution in [3.8, 4) is 0 Å². The van der Waals surface area contributed by atoms with Crippen LogP contribution in [-0.4, -0.2) is 48.9 Å². The molecule has 2 N–H and O–H groups in total. The van der Waals surface area contributed by atoms with E-state index >= 15 is 0 Å². The van der Waals surface area contributed by atoms with Gasteiger partial charge in [-0.3, -0.25) is 9.59 Å². The Morgan fingerprint density at radius 3 is 2.85 bits per heavy atom. The van der Waals surface area contributed by atoms with Crippen molar-refractivity contribution in [3.05, 3.63) is 24.3 Å². The lowest BCUT2D eigenvalue weighted by Crippen LogP contribution is -2.48. The molecule has 0 aromatic heterocycles. The van der Waals surface area contributed by atoms with Gasteiger partial charge in [-0.1, -0.05) is 26.0 Å². The third-order valence-corrected chi connectivity index (χ3v) is 5.00. The molecule has 146 valence electrons. The number of benzene rings is 1. The number of hydrogen-bond acceptors (Lipinski definition) is 3. The van der Waals surface area contributed by atoms with Gasteiger partial charge >= 0.3 is 6.03 Å². The first-order valence-corrected chi connectivity index (χ1v) is 9.66. The number of fused-ring (bicyclic) bond motifs is 1. The summed E-state index contributed by atoms with van der Waals surface area (Å²) in [4.78, 5) is 40.5. The molecule has 7 heteroatoms. The van der Waals surface area contributed by atoms with Gasteiger partial charge in [-0.15, -0.1) is 0 Å². The van der Waals surface area contributed by atoms with Crippen molar-refractivity contribution in [2.24, 2.45) is 11.8 Å². The first-order valence-electron chi connectivity index (χ1n) is 9.66. The van der Waals surface area contributed by atoms with Crippen LogP contribution in [0.1, 0.15) is 33.1 Å². The van der Waals surface area contributed by atoms with Crippen molar-refractivity contribution >= 4 is 29.2 Å². The highest BCUT2D eigenvalue weighted by Gasteiger charge is 2.30. The van der Waals surface area contributed by atoms with Gasteiger partial charge in [-0.2, -0.15) is 0 Å². The lowest BCUT2D eigenvalue weighted by Gasteiger charge is -2.35. The number of rotatable bonds is 4. The Morgan fingerprint density at radius 2 is 2.07 bits per heavy atom. The summed E-state index contributed by atoms with van der Waals surface area (Å²) in [5, 5.41) is 5.75. The predicted octanol–water partition coefficient (Wildman–Crippen LogP) is 2.44. The molecule has 0 radical (unpaired) electrons. The fraction of sp³-hybridized carbons (Fsp3) is 0.550. The zero-order valence-corrected chi connectivity index (χ0v) is 16.0. The van der Waals surface area contributed by atoms with Crippen molar-refractivity contribution in [1.29, 1.82) is 0 Å². The van der Waals surface area contributed by atoms with Crippen molar-refractivity contribution < 1.29 is 14.4 Å². The standard InChI is InChI=1S/C20H28N4O3/c1-14(2)11-21-20(27)23-9-5-6-15(12-23)10-19(26)24-13-18(25)22-16-7-3-4-8-17(16)24/h3-4,7-8,14-15H,5-6,9-13H2,1-2H3,(H,21,27)(H,22,25). The van der Waals surface area contributed by atoms with Crippen LogP contribution in [0.3, 0.4) is 0 Å². The Bertz CT molecular complexity index is 719. The summed E-state index contributed by atoms with van der Waals surface area (Å²) < 4.78 is 0. The fourth-order valence-corrected chi connectivity index (χ4v) is 3.63. The first-order chi connectivity index (χ1) is 12.9. The summed E-state index contributed by atoms with van der Waals surface area (Å²) in [6.45, 7) is 6.12. The van der Waals surface area contributed by atoms with Crippen molar-refractivity contribution in [2.45, 2.75) is 33.1 Å². The smallest absolute Gasteiger partial charge is 0.317 e. The quantitative estimate of drug-likeness (QED) is 0.852. The Labute approximate surface area is 160 Å². The van der Waals surface area contributed by atoms with Crippen molar-refractivity contribution in [1.82, 2.24) is 10.2 Å². The molecule has 4 amide bonds. The van der Waals surface area contributed by atoms with Gasteiger partial charge in [0.25, 0.3) is 0 Å². The van der Waals surface area contributed by atoms with E-state index in [1.165, 1.54) is 0 Å². The van der Waals surface area contributed by atoms with E-state index in [1.54, 1.807) is 15.9 Å². The van der Waals surface area contributed by atoms with Gasteiger partial charge in [0.2, 0.25) is 11.8 Å². The van der Waals surface area contributed by atoms with Gasteiger partial charge in [0.1, 0.15) is 6.54 Å². The van der Waals surface area contributed by atoms with E-state index < -0.39 is 0 Å². The molecular weight excluding hydrogens is 344 g/mol. The second-order valence-electron chi connectivity index (χ2n) is 7.78. The molecule has 0 bridgehead atoms. The van der Waals surface area contributed by atoms with Crippen LogP contribution in [0.5, 0.6) is 0 Å². The van der Waals surface area contributed by atoms with Crippen LogP contribution < -0.4 is 15.5 Å². The number of anilines is 2. The summed E-state index contributed by atoms with van der Waals surface area (Å²) in [5.74, 6) is 0.279. The molecule has 1 aromatic carbocycles. The van der Waals surface area contributed by atoms with Gasteiger partial charge < -0.3 is 20.4 Å². The fourth-order valence-electron chi connectivity index (χ4n) is 3.63. The summed E-state index contributed by atoms with van der Waals surface area (Å²) in [7, 11) is 0. The van der Waals surface area contributed by atoms with Crippen molar-refractivity contribution in [3.63, 3.8) is 0 Å². The largest absolute Gasteiger partial charge is 0.338 e. The highest BCUT2D eigenvalue weighted by molar-refractivity contribution is 6.09. The maximum absolute atomic E-state index is 12.9. The van der Waals surface area contributed by atoms with E-state index in [2.05, 4.69) is 24.5 Å². The molecule has 0 saturated carbocycles. The van der Waals surface area contributed by atoms with E-state index in [1.807, 2.05) is 18.2 Å². The SMILES string of the molecule is CC(C)CNC(=O)N1CCCC(CC(=O)N2CC(=O)Nc3ccccc32)C1. The average molecular weight is 372 g/mol. The monoisotopic (exact) mass is 372 g/mol. The summed E-state index contributed by atoms with van der Waals surface area (Å²) in [5.41, 5.74) is 1.41. The topological polar surface area (TPSA) is 81.8 Å². The van der Waals surface area contributed by atoms with E-state index in [-0.39, 0.29) is 30.3 Å². The summed E-state index contributed by atoms with van der Waals surface area (Å²) >= 11 is 0. The molecule has 1 atom stereocenters. The molecule has 3 rings (SSSR count).